The largest absolute Gasteiger partial charge is 0.445 e. The fraction of sp³-hybridized carbons (Fsp3) is 0.0769. The molecule has 0 spiro atoms. The van der Waals surface area contributed by atoms with Crippen LogP contribution < -0.4 is 5.32 Å². The van der Waals surface area contributed by atoms with Gasteiger partial charge >= 0.3 is 0 Å². The molecular formula is C13H8Cl2N2O2. The molecule has 6 heteroatoms. The van der Waals surface area contributed by atoms with Crippen molar-refractivity contribution in [1.29, 1.82) is 5.26 Å². The average molecular weight is 295 g/mol. The molecule has 1 unspecified atom stereocenters. The summed E-state index contributed by atoms with van der Waals surface area (Å²) in [5, 5.41) is 11.9. The predicted octanol–water partition coefficient (Wildman–Crippen LogP) is 3.58. The number of nitrogens with one attached hydrogen (secondary N) is 1. The molecule has 0 aliphatic heterocycles. The SMILES string of the molecule is N#CC(NC(=O)c1ccccc1)c1oc(Cl)cc1Cl. The number of halogens is 2. The van der Waals surface area contributed by atoms with Crippen molar-refractivity contribution >= 4 is 29.1 Å². The van der Waals surface area contributed by atoms with Gasteiger partial charge in [-0.05, 0) is 23.7 Å². The number of carbonyl (C=O) groups is 1. The lowest BCUT2D eigenvalue weighted by molar-refractivity contribution is 0.0941. The second-order valence-electron chi connectivity index (χ2n) is 3.66. The lowest BCUT2D eigenvalue weighted by Gasteiger charge is -2.09. The Morgan fingerprint density at radius 3 is 2.53 bits per heavy atom. The van der Waals surface area contributed by atoms with Gasteiger partial charge < -0.3 is 9.73 Å². The summed E-state index contributed by atoms with van der Waals surface area (Å²) in [6.07, 6.45) is 0. The van der Waals surface area contributed by atoms with Gasteiger partial charge in [0.2, 0.25) is 0 Å². The van der Waals surface area contributed by atoms with Crippen molar-refractivity contribution in [3.05, 3.63) is 58.0 Å². The smallest absolute Gasteiger partial charge is 0.252 e. The second kappa shape index (κ2) is 5.79. The predicted molar refractivity (Wildman–Crippen MR) is 71.0 cm³/mol. The third-order valence-electron chi connectivity index (χ3n) is 2.39. The molecule has 0 saturated carbocycles. The van der Waals surface area contributed by atoms with Crippen molar-refractivity contribution in [2.75, 3.05) is 0 Å². The van der Waals surface area contributed by atoms with Gasteiger partial charge in [0.05, 0.1) is 11.1 Å². The number of carbonyl (C=O) groups excluding carboxylic acids is 1. The van der Waals surface area contributed by atoms with Gasteiger partial charge in [0.1, 0.15) is 0 Å². The molecule has 0 radical (unpaired) electrons. The standard InChI is InChI=1S/C13H8Cl2N2O2/c14-9-6-11(15)19-12(9)10(7-16)17-13(18)8-4-2-1-3-5-8/h1-6,10H,(H,17,18). The number of amides is 1. The van der Waals surface area contributed by atoms with Crippen LogP contribution in [0.2, 0.25) is 10.2 Å². The molecule has 0 aliphatic carbocycles. The van der Waals surface area contributed by atoms with E-state index in [9.17, 15) is 4.79 Å². The summed E-state index contributed by atoms with van der Waals surface area (Å²) in [6.45, 7) is 0. The number of rotatable bonds is 3. The van der Waals surface area contributed by atoms with E-state index in [4.69, 9.17) is 32.9 Å². The molecule has 0 fully saturated rings. The minimum Gasteiger partial charge on any atom is -0.445 e. The van der Waals surface area contributed by atoms with Crippen LogP contribution in [-0.4, -0.2) is 5.91 Å². The summed E-state index contributed by atoms with van der Waals surface area (Å²) in [5.74, 6) is -0.269. The Morgan fingerprint density at radius 2 is 2.00 bits per heavy atom. The number of nitriles is 1. The van der Waals surface area contributed by atoms with E-state index in [0.717, 1.165) is 0 Å². The molecule has 1 heterocycles. The van der Waals surface area contributed by atoms with Crippen molar-refractivity contribution in [2.45, 2.75) is 6.04 Å². The van der Waals surface area contributed by atoms with Crippen LogP contribution in [0, 0.1) is 11.3 Å². The van der Waals surface area contributed by atoms with Crippen molar-refractivity contribution in [3.8, 4) is 6.07 Å². The lowest BCUT2D eigenvalue weighted by atomic mass is 10.2. The van der Waals surface area contributed by atoms with Gasteiger partial charge in [-0.2, -0.15) is 5.26 Å². The number of benzene rings is 1. The third-order valence-corrected chi connectivity index (χ3v) is 2.87. The molecule has 2 rings (SSSR count). The summed E-state index contributed by atoms with van der Waals surface area (Å²) >= 11 is 11.5. The molecule has 96 valence electrons. The van der Waals surface area contributed by atoms with Gasteiger partial charge in [-0.15, -0.1) is 0 Å². The molecule has 0 bridgehead atoms. The first-order valence-electron chi connectivity index (χ1n) is 5.32. The van der Waals surface area contributed by atoms with Crippen LogP contribution in [0.5, 0.6) is 0 Å². The highest BCUT2D eigenvalue weighted by Crippen LogP contribution is 2.29. The summed E-state index contributed by atoms with van der Waals surface area (Å²) in [6, 6.07) is 10.8. The van der Waals surface area contributed by atoms with Gasteiger partial charge in [-0.1, -0.05) is 29.8 Å². The summed E-state index contributed by atoms with van der Waals surface area (Å²) in [7, 11) is 0. The van der Waals surface area contributed by atoms with Crippen LogP contribution in [0.25, 0.3) is 0 Å². The third kappa shape index (κ3) is 3.08. The minimum absolute atomic E-state index is 0.0641. The Bertz CT molecular complexity index is 632. The van der Waals surface area contributed by atoms with E-state index < -0.39 is 11.9 Å². The van der Waals surface area contributed by atoms with E-state index in [2.05, 4.69) is 5.32 Å². The summed E-state index contributed by atoms with van der Waals surface area (Å²) in [4.78, 5) is 11.9. The first-order valence-corrected chi connectivity index (χ1v) is 6.07. The number of nitrogens with zero attached hydrogens (tertiary/aromatic N) is 1. The maximum atomic E-state index is 11.9. The first-order chi connectivity index (χ1) is 9.11. The van der Waals surface area contributed by atoms with Crippen LogP contribution in [0.4, 0.5) is 0 Å². The first kappa shape index (κ1) is 13.5. The van der Waals surface area contributed by atoms with Crippen LogP contribution in [0.15, 0.2) is 40.8 Å². The van der Waals surface area contributed by atoms with Crippen LogP contribution in [0.3, 0.4) is 0 Å². The molecule has 19 heavy (non-hydrogen) atoms. The van der Waals surface area contributed by atoms with Gasteiger partial charge in [0.15, 0.2) is 17.0 Å². The van der Waals surface area contributed by atoms with E-state index in [-0.39, 0.29) is 16.0 Å². The van der Waals surface area contributed by atoms with Crippen molar-refractivity contribution in [2.24, 2.45) is 0 Å². The van der Waals surface area contributed by atoms with E-state index >= 15 is 0 Å². The molecule has 2 aromatic rings. The Labute approximate surface area is 119 Å². The van der Waals surface area contributed by atoms with E-state index in [1.165, 1.54) is 6.07 Å². The minimum atomic E-state index is -0.993. The average Bonchev–Trinajstić information content (AvgIpc) is 2.75. The van der Waals surface area contributed by atoms with Crippen LogP contribution >= 0.6 is 23.2 Å². The molecule has 1 atom stereocenters. The number of hydrogen-bond acceptors (Lipinski definition) is 3. The van der Waals surface area contributed by atoms with Crippen LogP contribution in [-0.2, 0) is 0 Å². The maximum Gasteiger partial charge on any atom is 0.252 e. The van der Waals surface area contributed by atoms with Crippen LogP contribution in [0.1, 0.15) is 22.2 Å². The Hall–Kier alpha value is -1.96. The monoisotopic (exact) mass is 294 g/mol. The molecule has 0 saturated heterocycles. The molecule has 1 aromatic heterocycles. The zero-order chi connectivity index (χ0) is 13.8. The lowest BCUT2D eigenvalue weighted by Crippen LogP contribution is -2.27. The normalized spacial score (nSPS) is 11.6. The topological polar surface area (TPSA) is 66.0 Å². The quantitative estimate of drug-likeness (QED) is 0.941. The summed E-state index contributed by atoms with van der Waals surface area (Å²) < 4.78 is 5.10. The fourth-order valence-corrected chi connectivity index (χ4v) is 2.01. The Morgan fingerprint density at radius 1 is 1.32 bits per heavy atom. The highest BCUT2D eigenvalue weighted by molar-refractivity contribution is 6.34. The molecule has 1 N–H and O–H groups in total. The number of hydrogen-bond donors (Lipinski definition) is 1. The molecular weight excluding hydrogens is 287 g/mol. The number of furan rings is 1. The Kier molecular flexibility index (Phi) is 4.10. The van der Waals surface area contributed by atoms with E-state index in [1.807, 2.05) is 6.07 Å². The Balaban J connectivity index is 2.19. The second-order valence-corrected chi connectivity index (χ2v) is 4.44. The molecule has 4 nitrogen and oxygen atoms in total. The van der Waals surface area contributed by atoms with E-state index in [0.29, 0.717) is 5.56 Å². The zero-order valence-corrected chi connectivity index (χ0v) is 11.1. The van der Waals surface area contributed by atoms with Gasteiger partial charge in [-0.3, -0.25) is 4.79 Å². The van der Waals surface area contributed by atoms with Gasteiger partial charge in [0.25, 0.3) is 5.91 Å². The van der Waals surface area contributed by atoms with Crippen molar-refractivity contribution in [3.63, 3.8) is 0 Å². The molecule has 1 amide bonds. The van der Waals surface area contributed by atoms with Crippen molar-refractivity contribution < 1.29 is 9.21 Å². The van der Waals surface area contributed by atoms with Gasteiger partial charge in [0, 0.05) is 11.6 Å². The molecule has 1 aromatic carbocycles. The van der Waals surface area contributed by atoms with Gasteiger partial charge in [-0.25, -0.2) is 0 Å². The zero-order valence-electron chi connectivity index (χ0n) is 9.56. The highest BCUT2D eigenvalue weighted by Gasteiger charge is 2.22. The van der Waals surface area contributed by atoms with E-state index in [1.54, 1.807) is 30.3 Å². The maximum absolute atomic E-state index is 11.9. The van der Waals surface area contributed by atoms with Crippen molar-refractivity contribution in [1.82, 2.24) is 5.32 Å². The molecule has 0 aliphatic rings. The summed E-state index contributed by atoms with van der Waals surface area (Å²) in [5.41, 5.74) is 0.441. The fourth-order valence-electron chi connectivity index (χ4n) is 1.51. The highest BCUT2D eigenvalue weighted by atomic mass is 35.5.